The molecule has 1 amide bonds. The van der Waals surface area contributed by atoms with Crippen LogP contribution in [0.15, 0.2) is 18.2 Å². The lowest BCUT2D eigenvalue weighted by atomic mass is 10.1. The molecule has 1 atom stereocenters. The first-order valence-electron chi connectivity index (χ1n) is 8.20. The minimum atomic E-state index is -0.354. The van der Waals surface area contributed by atoms with Gasteiger partial charge in [0.15, 0.2) is 6.10 Å². The van der Waals surface area contributed by atoms with Crippen LogP contribution in [0.1, 0.15) is 43.7 Å². The Hall–Kier alpha value is -1.51. The van der Waals surface area contributed by atoms with E-state index >= 15 is 0 Å². The summed E-state index contributed by atoms with van der Waals surface area (Å²) in [6.07, 6.45) is 6.44. The lowest BCUT2D eigenvalue weighted by Crippen LogP contribution is -2.40. The monoisotopic (exact) mass is 287 g/mol. The van der Waals surface area contributed by atoms with Crippen molar-refractivity contribution < 1.29 is 9.53 Å². The molecule has 1 fully saturated rings. The molecule has 0 bridgehead atoms. The molecule has 2 aliphatic rings. The second-order valence-electron chi connectivity index (χ2n) is 6.46. The van der Waals surface area contributed by atoms with Crippen LogP contribution in [0.3, 0.4) is 0 Å². The van der Waals surface area contributed by atoms with Gasteiger partial charge in [-0.2, -0.15) is 0 Å². The molecule has 0 N–H and O–H groups in total. The molecule has 3 heteroatoms. The number of hydrogen-bond donors (Lipinski definition) is 0. The lowest BCUT2D eigenvalue weighted by molar-refractivity contribution is -0.137. The Labute approximate surface area is 127 Å². The predicted molar refractivity (Wildman–Crippen MR) is 83.5 cm³/mol. The van der Waals surface area contributed by atoms with E-state index in [9.17, 15) is 4.79 Å². The fourth-order valence-electron chi connectivity index (χ4n) is 3.12. The van der Waals surface area contributed by atoms with E-state index in [1.807, 2.05) is 24.9 Å². The van der Waals surface area contributed by atoms with E-state index in [0.29, 0.717) is 6.42 Å². The molecule has 0 heterocycles. The molecule has 3 rings (SSSR count). The van der Waals surface area contributed by atoms with Gasteiger partial charge in [-0.15, -0.1) is 0 Å². The Bertz CT molecular complexity index is 522. The number of carbonyl (C=O) groups excluding carboxylic acids is 1. The Balaban J connectivity index is 1.64. The van der Waals surface area contributed by atoms with Gasteiger partial charge in [0.2, 0.25) is 0 Å². The van der Waals surface area contributed by atoms with Gasteiger partial charge < -0.3 is 9.64 Å². The highest BCUT2D eigenvalue weighted by molar-refractivity contribution is 5.81. The maximum atomic E-state index is 12.5. The van der Waals surface area contributed by atoms with Crippen molar-refractivity contribution in [2.75, 3.05) is 13.6 Å². The van der Waals surface area contributed by atoms with E-state index in [1.54, 1.807) is 0 Å². The number of benzene rings is 1. The second kappa shape index (κ2) is 6.08. The van der Waals surface area contributed by atoms with Crippen molar-refractivity contribution in [2.24, 2.45) is 5.92 Å². The number of ether oxygens (including phenoxy) is 1. The molecular weight excluding hydrogens is 262 g/mol. The highest BCUT2D eigenvalue weighted by Crippen LogP contribution is 2.30. The van der Waals surface area contributed by atoms with Gasteiger partial charge >= 0.3 is 0 Å². The zero-order valence-corrected chi connectivity index (χ0v) is 13.1. The fourth-order valence-corrected chi connectivity index (χ4v) is 3.12. The van der Waals surface area contributed by atoms with Gasteiger partial charge in [0.05, 0.1) is 0 Å². The van der Waals surface area contributed by atoms with Crippen molar-refractivity contribution in [2.45, 2.75) is 51.6 Å². The summed E-state index contributed by atoms with van der Waals surface area (Å²) >= 11 is 0. The molecule has 3 nitrogen and oxygen atoms in total. The van der Waals surface area contributed by atoms with E-state index < -0.39 is 0 Å². The molecule has 21 heavy (non-hydrogen) atoms. The van der Waals surface area contributed by atoms with Gasteiger partial charge in [-0.1, -0.05) is 13.0 Å². The smallest absolute Gasteiger partial charge is 0.263 e. The number of rotatable bonds is 6. The summed E-state index contributed by atoms with van der Waals surface area (Å²) in [7, 11) is 1.90. The number of amides is 1. The summed E-state index contributed by atoms with van der Waals surface area (Å²) in [4.78, 5) is 14.3. The normalized spacial score (nSPS) is 18.2. The number of hydrogen-bond acceptors (Lipinski definition) is 2. The average Bonchev–Trinajstić information content (AvgIpc) is 3.18. The van der Waals surface area contributed by atoms with Gasteiger partial charge in [0, 0.05) is 13.6 Å². The molecule has 114 valence electrons. The average molecular weight is 287 g/mol. The van der Waals surface area contributed by atoms with E-state index in [-0.39, 0.29) is 12.0 Å². The third-order valence-electron chi connectivity index (χ3n) is 4.60. The van der Waals surface area contributed by atoms with Crippen molar-refractivity contribution in [1.29, 1.82) is 0 Å². The van der Waals surface area contributed by atoms with Gasteiger partial charge in [0.25, 0.3) is 5.91 Å². The Morgan fingerprint density at radius 3 is 2.81 bits per heavy atom. The topological polar surface area (TPSA) is 29.5 Å². The summed E-state index contributed by atoms with van der Waals surface area (Å²) in [6, 6.07) is 6.29. The van der Waals surface area contributed by atoms with Crippen LogP contribution in [0, 0.1) is 5.92 Å². The SMILES string of the molecule is CCC(Oc1ccc2c(c1)CCC2)C(=O)N(C)CC1CC1. The van der Waals surface area contributed by atoms with Crippen molar-refractivity contribution in [3.63, 3.8) is 0 Å². The maximum Gasteiger partial charge on any atom is 0.263 e. The molecule has 1 unspecified atom stereocenters. The predicted octanol–water partition coefficient (Wildman–Crippen LogP) is 3.20. The Kier molecular flexibility index (Phi) is 4.18. The zero-order valence-electron chi connectivity index (χ0n) is 13.1. The van der Waals surface area contributed by atoms with E-state index in [1.165, 1.54) is 36.8 Å². The number of nitrogens with zero attached hydrogens (tertiary/aromatic N) is 1. The third kappa shape index (κ3) is 3.39. The first kappa shape index (κ1) is 14.4. The second-order valence-corrected chi connectivity index (χ2v) is 6.46. The molecule has 0 aliphatic heterocycles. The molecule has 2 aliphatic carbocycles. The molecule has 0 radical (unpaired) electrons. The molecule has 0 spiro atoms. The number of aryl methyl sites for hydroxylation is 2. The van der Waals surface area contributed by atoms with Crippen LogP contribution in [0.2, 0.25) is 0 Å². The number of carbonyl (C=O) groups is 1. The van der Waals surface area contributed by atoms with Crippen molar-refractivity contribution in [3.8, 4) is 5.75 Å². The molecule has 1 aromatic carbocycles. The fraction of sp³-hybridized carbons (Fsp3) is 0.611. The minimum absolute atomic E-state index is 0.116. The quantitative estimate of drug-likeness (QED) is 0.804. The highest BCUT2D eigenvalue weighted by atomic mass is 16.5. The standard InChI is InChI=1S/C18H25NO2/c1-3-17(18(20)19(2)12-13-7-8-13)21-16-10-9-14-5-4-6-15(14)11-16/h9-11,13,17H,3-8,12H2,1-2H3. The van der Waals surface area contributed by atoms with Crippen LogP contribution in [0.4, 0.5) is 0 Å². The van der Waals surface area contributed by atoms with Crippen LogP contribution in [-0.4, -0.2) is 30.5 Å². The number of likely N-dealkylation sites (N-methyl/N-ethyl adjacent to an activating group) is 1. The Morgan fingerprint density at radius 1 is 1.33 bits per heavy atom. The molecule has 1 aromatic rings. The van der Waals surface area contributed by atoms with E-state index in [0.717, 1.165) is 24.6 Å². The maximum absolute atomic E-state index is 12.5. The first-order valence-corrected chi connectivity index (χ1v) is 8.20. The van der Waals surface area contributed by atoms with Crippen LogP contribution in [0.25, 0.3) is 0 Å². The first-order chi connectivity index (χ1) is 10.2. The third-order valence-corrected chi connectivity index (χ3v) is 4.60. The minimum Gasteiger partial charge on any atom is -0.481 e. The van der Waals surface area contributed by atoms with Gasteiger partial charge in [-0.3, -0.25) is 4.79 Å². The molecular formula is C18H25NO2. The van der Waals surface area contributed by atoms with Gasteiger partial charge in [0.1, 0.15) is 5.75 Å². The summed E-state index contributed by atoms with van der Waals surface area (Å²) in [5.74, 6) is 1.68. The van der Waals surface area contributed by atoms with Crippen LogP contribution in [-0.2, 0) is 17.6 Å². The van der Waals surface area contributed by atoms with E-state index in [2.05, 4.69) is 12.1 Å². The van der Waals surface area contributed by atoms with Crippen molar-refractivity contribution in [3.05, 3.63) is 29.3 Å². The Morgan fingerprint density at radius 2 is 2.10 bits per heavy atom. The van der Waals surface area contributed by atoms with E-state index in [4.69, 9.17) is 4.74 Å². The summed E-state index contributed by atoms with van der Waals surface area (Å²) in [6.45, 7) is 2.89. The summed E-state index contributed by atoms with van der Waals surface area (Å²) < 4.78 is 5.98. The van der Waals surface area contributed by atoms with Crippen molar-refractivity contribution in [1.82, 2.24) is 4.90 Å². The molecule has 1 saturated carbocycles. The highest BCUT2D eigenvalue weighted by Gasteiger charge is 2.28. The molecule has 0 aromatic heterocycles. The lowest BCUT2D eigenvalue weighted by Gasteiger charge is -2.24. The summed E-state index contributed by atoms with van der Waals surface area (Å²) in [5, 5.41) is 0. The zero-order chi connectivity index (χ0) is 14.8. The molecule has 0 saturated heterocycles. The summed E-state index contributed by atoms with van der Waals surface area (Å²) in [5.41, 5.74) is 2.83. The number of fused-ring (bicyclic) bond motifs is 1. The van der Waals surface area contributed by atoms with Gasteiger partial charge in [-0.25, -0.2) is 0 Å². The van der Waals surface area contributed by atoms with Crippen LogP contribution < -0.4 is 4.74 Å². The van der Waals surface area contributed by atoms with Gasteiger partial charge in [-0.05, 0) is 67.7 Å². The van der Waals surface area contributed by atoms with Crippen molar-refractivity contribution >= 4 is 5.91 Å². The van der Waals surface area contributed by atoms with Crippen LogP contribution >= 0.6 is 0 Å². The van der Waals surface area contributed by atoms with Crippen LogP contribution in [0.5, 0.6) is 5.75 Å². The largest absolute Gasteiger partial charge is 0.481 e.